The van der Waals surface area contributed by atoms with Gasteiger partial charge in [0.25, 0.3) is 15.9 Å². The van der Waals surface area contributed by atoms with Gasteiger partial charge in [0.1, 0.15) is 0 Å². The molecule has 8 nitrogen and oxygen atoms in total. The van der Waals surface area contributed by atoms with E-state index >= 15 is 0 Å². The number of sulfonamides is 1. The fourth-order valence-electron chi connectivity index (χ4n) is 4.14. The third-order valence-corrected chi connectivity index (χ3v) is 8.12. The first kappa shape index (κ1) is 22.9. The van der Waals surface area contributed by atoms with Crippen molar-refractivity contribution in [1.82, 2.24) is 15.0 Å². The molecule has 0 atom stereocenters. The number of hydrazine groups is 1. The molecule has 1 amide bonds. The zero-order chi connectivity index (χ0) is 21.9. The molecule has 0 bridgehead atoms. The summed E-state index contributed by atoms with van der Waals surface area (Å²) in [5.74, 6) is 5.69. The normalized spacial score (nSPS) is 20.0. The van der Waals surface area contributed by atoms with Crippen LogP contribution >= 0.6 is 11.6 Å². The largest absolute Gasteiger partial charge is 0.387 e. The molecule has 1 aliphatic heterocycles. The number of nitrogens with one attached hydrogen (secondary N) is 2. The quantitative estimate of drug-likeness (QED) is 0.349. The van der Waals surface area contributed by atoms with Crippen LogP contribution in [-0.2, 0) is 10.0 Å². The van der Waals surface area contributed by atoms with Crippen LogP contribution in [0.3, 0.4) is 0 Å². The summed E-state index contributed by atoms with van der Waals surface area (Å²) in [4.78, 5) is 12.7. The number of piperidine rings is 1. The summed E-state index contributed by atoms with van der Waals surface area (Å²) in [5.41, 5.74) is 9.15. The Morgan fingerprint density at radius 3 is 2.57 bits per heavy atom. The van der Waals surface area contributed by atoms with Crippen LogP contribution in [0.2, 0.25) is 5.02 Å². The van der Waals surface area contributed by atoms with Crippen molar-refractivity contribution in [2.45, 2.75) is 39.0 Å². The first-order chi connectivity index (χ1) is 14.2. The molecular formula is C20H30ClN5O3S. The number of carbonyl (C=O) groups is 1. The van der Waals surface area contributed by atoms with E-state index < -0.39 is 10.0 Å². The summed E-state index contributed by atoms with van der Waals surface area (Å²) in [6.45, 7) is 3.11. The average molecular weight is 456 g/mol. The van der Waals surface area contributed by atoms with Gasteiger partial charge in [0.05, 0.1) is 0 Å². The fraction of sp³-hybridized carbons (Fsp3) is 0.550. The maximum Gasteiger partial charge on any atom is 0.259 e. The van der Waals surface area contributed by atoms with Gasteiger partial charge in [-0.1, -0.05) is 24.4 Å². The molecule has 10 heteroatoms. The SMILES string of the molecule is Cc1cc(Cl)ccc1C(=O)NCC1(CC2CC2)CCN(S(=O)(=O)/C(N)=C/NN)CC1. The van der Waals surface area contributed by atoms with Gasteiger partial charge in [-0.15, -0.1) is 0 Å². The summed E-state index contributed by atoms with van der Waals surface area (Å²) in [6, 6.07) is 5.21. The smallest absolute Gasteiger partial charge is 0.259 e. The second-order valence-electron chi connectivity index (χ2n) is 8.41. The Balaban J connectivity index is 1.67. The van der Waals surface area contributed by atoms with E-state index in [1.807, 2.05) is 6.92 Å². The van der Waals surface area contributed by atoms with Crippen molar-refractivity contribution < 1.29 is 13.2 Å². The lowest BCUT2D eigenvalue weighted by atomic mass is 9.74. The first-order valence-electron chi connectivity index (χ1n) is 10.1. The minimum Gasteiger partial charge on any atom is -0.387 e. The van der Waals surface area contributed by atoms with E-state index in [4.69, 9.17) is 23.2 Å². The monoisotopic (exact) mass is 455 g/mol. The van der Waals surface area contributed by atoms with Gasteiger partial charge in [0, 0.05) is 36.4 Å². The maximum atomic E-state index is 12.7. The second kappa shape index (κ2) is 9.13. The predicted octanol–water partition coefficient (Wildman–Crippen LogP) is 1.81. The Hall–Kier alpha value is -1.81. The van der Waals surface area contributed by atoms with Crippen molar-refractivity contribution in [2.24, 2.45) is 22.9 Å². The molecule has 2 fully saturated rings. The predicted molar refractivity (Wildman–Crippen MR) is 118 cm³/mol. The summed E-state index contributed by atoms with van der Waals surface area (Å²) in [7, 11) is -3.74. The van der Waals surface area contributed by atoms with Gasteiger partial charge in [-0.05, 0) is 61.3 Å². The van der Waals surface area contributed by atoms with Crippen LogP contribution in [0.1, 0.15) is 48.0 Å². The minimum atomic E-state index is -3.74. The molecule has 1 aliphatic carbocycles. The topological polar surface area (TPSA) is 131 Å². The molecule has 1 saturated carbocycles. The number of amides is 1. The molecule has 0 aromatic heterocycles. The van der Waals surface area contributed by atoms with E-state index in [1.54, 1.807) is 18.2 Å². The summed E-state index contributed by atoms with van der Waals surface area (Å²) >= 11 is 5.99. The Bertz CT molecular complexity index is 922. The van der Waals surface area contributed by atoms with Crippen LogP contribution in [-0.4, -0.2) is 38.3 Å². The Morgan fingerprint density at radius 1 is 1.33 bits per heavy atom. The molecule has 0 unspecified atom stereocenters. The zero-order valence-corrected chi connectivity index (χ0v) is 18.7. The van der Waals surface area contributed by atoms with Gasteiger partial charge in [-0.3, -0.25) is 10.6 Å². The van der Waals surface area contributed by atoms with E-state index in [2.05, 4.69) is 10.7 Å². The van der Waals surface area contributed by atoms with Crippen molar-refractivity contribution in [3.8, 4) is 0 Å². The Kier molecular flexibility index (Phi) is 6.96. The highest BCUT2D eigenvalue weighted by Crippen LogP contribution is 2.45. The lowest BCUT2D eigenvalue weighted by Gasteiger charge is -2.41. The van der Waals surface area contributed by atoms with Crippen LogP contribution in [0, 0.1) is 18.3 Å². The third-order valence-electron chi connectivity index (χ3n) is 6.12. The molecule has 30 heavy (non-hydrogen) atoms. The van der Waals surface area contributed by atoms with Gasteiger partial charge < -0.3 is 16.5 Å². The van der Waals surface area contributed by atoms with Crippen molar-refractivity contribution in [3.63, 3.8) is 0 Å². The standard InChI is InChI=1S/C20H30ClN5O3S/c1-14-10-16(21)4-5-17(14)19(27)24-13-20(11-15-2-3-15)6-8-26(9-7-20)30(28,29)18(22)12-25-23/h4-5,10,12,15,25H,2-3,6-9,11,13,22-23H2,1H3,(H,24,27)/b18-12+. The van der Waals surface area contributed by atoms with E-state index in [-0.39, 0.29) is 16.4 Å². The average Bonchev–Trinajstić information content (AvgIpc) is 3.50. The highest BCUT2D eigenvalue weighted by molar-refractivity contribution is 7.92. The van der Waals surface area contributed by atoms with Crippen molar-refractivity contribution in [1.29, 1.82) is 0 Å². The summed E-state index contributed by atoms with van der Waals surface area (Å²) in [5, 5.41) is 3.39. The van der Waals surface area contributed by atoms with Crippen LogP contribution in [0.15, 0.2) is 29.4 Å². The highest BCUT2D eigenvalue weighted by atomic mass is 35.5. The highest BCUT2D eigenvalue weighted by Gasteiger charge is 2.42. The van der Waals surface area contributed by atoms with Crippen molar-refractivity contribution >= 4 is 27.5 Å². The molecule has 1 aromatic rings. The van der Waals surface area contributed by atoms with E-state index in [0.29, 0.717) is 49.0 Å². The Morgan fingerprint density at radius 2 is 2.00 bits per heavy atom. The molecule has 3 rings (SSSR count). The number of benzene rings is 1. The molecule has 1 aromatic carbocycles. The molecule has 1 saturated heterocycles. The van der Waals surface area contributed by atoms with Gasteiger partial charge in [0.2, 0.25) is 0 Å². The Labute approximate surface area is 183 Å². The van der Waals surface area contributed by atoms with Gasteiger partial charge >= 0.3 is 0 Å². The zero-order valence-electron chi connectivity index (χ0n) is 17.2. The molecular weight excluding hydrogens is 426 g/mol. The number of hydrogen-bond acceptors (Lipinski definition) is 6. The molecule has 1 heterocycles. The van der Waals surface area contributed by atoms with Crippen LogP contribution in [0.5, 0.6) is 0 Å². The molecule has 0 spiro atoms. The summed E-state index contributed by atoms with van der Waals surface area (Å²) in [6.07, 6.45) is 5.82. The third kappa shape index (κ3) is 5.26. The number of rotatable bonds is 8. The number of nitrogens with zero attached hydrogens (tertiary/aromatic N) is 1. The van der Waals surface area contributed by atoms with Gasteiger partial charge in [0.15, 0.2) is 5.03 Å². The van der Waals surface area contributed by atoms with Gasteiger partial charge in [-0.2, -0.15) is 4.31 Å². The molecule has 166 valence electrons. The van der Waals surface area contributed by atoms with Gasteiger partial charge in [-0.25, -0.2) is 8.42 Å². The maximum absolute atomic E-state index is 12.7. The van der Waals surface area contributed by atoms with Crippen LogP contribution in [0.25, 0.3) is 0 Å². The van der Waals surface area contributed by atoms with E-state index in [1.165, 1.54) is 17.1 Å². The lowest BCUT2D eigenvalue weighted by molar-refractivity contribution is 0.0871. The first-order valence-corrected chi connectivity index (χ1v) is 11.9. The van der Waals surface area contributed by atoms with E-state index in [0.717, 1.165) is 18.2 Å². The number of aryl methyl sites for hydroxylation is 1. The number of carbonyl (C=O) groups excluding carboxylic acids is 1. The van der Waals surface area contributed by atoms with Crippen molar-refractivity contribution in [2.75, 3.05) is 19.6 Å². The van der Waals surface area contributed by atoms with E-state index in [9.17, 15) is 13.2 Å². The number of halogens is 1. The second-order valence-corrected chi connectivity index (χ2v) is 10.8. The van der Waals surface area contributed by atoms with Crippen molar-refractivity contribution in [3.05, 3.63) is 45.6 Å². The number of hydrogen-bond donors (Lipinski definition) is 4. The minimum absolute atomic E-state index is 0.117. The molecule has 6 N–H and O–H groups in total. The number of nitrogens with two attached hydrogens (primary N) is 2. The molecule has 0 radical (unpaired) electrons. The lowest BCUT2D eigenvalue weighted by Crippen LogP contribution is -2.49. The fourth-order valence-corrected chi connectivity index (χ4v) is 5.54. The van der Waals surface area contributed by atoms with Crippen LogP contribution < -0.4 is 22.3 Å². The van der Waals surface area contributed by atoms with Crippen LogP contribution in [0.4, 0.5) is 0 Å². The summed E-state index contributed by atoms with van der Waals surface area (Å²) < 4.78 is 26.6. The molecule has 2 aliphatic rings.